The second kappa shape index (κ2) is 2.97. The van der Waals surface area contributed by atoms with E-state index < -0.39 is 6.30 Å². The summed E-state index contributed by atoms with van der Waals surface area (Å²) in [6, 6.07) is 1.54. The van der Waals surface area contributed by atoms with Crippen LogP contribution in [0.15, 0.2) is 6.20 Å². The number of anilines is 1. The second-order valence-electron chi connectivity index (χ2n) is 2.17. The molecular formula is C6H5F3N4. The van der Waals surface area contributed by atoms with Gasteiger partial charge in [0.05, 0.1) is 11.9 Å². The molecule has 0 saturated heterocycles. The number of halogens is 3. The highest BCUT2D eigenvalue weighted by Crippen LogP contribution is 2.24. The number of nitrogens with one attached hydrogen (secondary N) is 1. The third-order valence-corrected chi connectivity index (χ3v) is 1.35. The van der Waals surface area contributed by atoms with Crippen LogP contribution in [-0.2, 0) is 6.30 Å². The monoisotopic (exact) mass is 190 g/mol. The number of nitrogens with zero attached hydrogens (tertiary/aromatic N) is 3. The van der Waals surface area contributed by atoms with Crippen molar-refractivity contribution in [3.63, 3.8) is 0 Å². The fraction of sp³-hybridized carbons (Fsp3) is 0.333. The van der Waals surface area contributed by atoms with Gasteiger partial charge in [-0.05, 0) is 0 Å². The van der Waals surface area contributed by atoms with Crippen LogP contribution in [0.5, 0.6) is 0 Å². The fourth-order valence-corrected chi connectivity index (χ4v) is 0.769. The van der Waals surface area contributed by atoms with Crippen molar-refractivity contribution in [1.29, 1.82) is 5.26 Å². The Bertz CT molecular complexity index is 346. The van der Waals surface area contributed by atoms with E-state index in [1.54, 1.807) is 6.07 Å². The first-order chi connectivity index (χ1) is 5.99. The summed E-state index contributed by atoms with van der Waals surface area (Å²) in [4.78, 5) is 0. The predicted molar refractivity (Wildman–Crippen MR) is 37.8 cm³/mol. The van der Waals surface area contributed by atoms with Gasteiger partial charge in [-0.15, -0.1) is 13.2 Å². The maximum atomic E-state index is 12.0. The highest BCUT2D eigenvalue weighted by atomic mass is 19.4. The molecular weight excluding hydrogens is 185 g/mol. The van der Waals surface area contributed by atoms with Gasteiger partial charge in [0.2, 0.25) is 0 Å². The molecule has 0 aliphatic heterocycles. The third kappa shape index (κ3) is 1.72. The maximum Gasteiger partial charge on any atom is 0.504 e. The van der Waals surface area contributed by atoms with Crippen molar-refractivity contribution < 1.29 is 13.2 Å². The van der Waals surface area contributed by atoms with Crippen LogP contribution in [0.3, 0.4) is 0 Å². The lowest BCUT2D eigenvalue weighted by molar-refractivity contribution is -0.212. The molecule has 1 aromatic heterocycles. The molecule has 13 heavy (non-hydrogen) atoms. The Kier molecular flexibility index (Phi) is 2.14. The molecule has 70 valence electrons. The van der Waals surface area contributed by atoms with Gasteiger partial charge < -0.3 is 5.32 Å². The van der Waals surface area contributed by atoms with Crippen molar-refractivity contribution >= 4 is 5.69 Å². The van der Waals surface area contributed by atoms with E-state index in [2.05, 4.69) is 10.4 Å². The van der Waals surface area contributed by atoms with E-state index in [0.717, 1.165) is 6.20 Å². The van der Waals surface area contributed by atoms with Crippen LogP contribution in [0.25, 0.3) is 0 Å². The van der Waals surface area contributed by atoms with Crippen molar-refractivity contribution in [2.75, 3.05) is 12.4 Å². The van der Waals surface area contributed by atoms with Gasteiger partial charge in [0.25, 0.3) is 0 Å². The summed E-state index contributed by atoms with van der Waals surface area (Å²) in [5.74, 6) is 0. The molecule has 0 fully saturated rings. The number of aromatic nitrogens is 2. The Morgan fingerprint density at radius 1 is 1.62 bits per heavy atom. The summed E-state index contributed by atoms with van der Waals surface area (Å²) >= 11 is 0. The summed E-state index contributed by atoms with van der Waals surface area (Å²) in [7, 11) is 1.42. The fourth-order valence-electron chi connectivity index (χ4n) is 0.769. The van der Waals surface area contributed by atoms with Crippen molar-refractivity contribution in [3.8, 4) is 6.07 Å². The maximum absolute atomic E-state index is 12.0. The Morgan fingerprint density at radius 2 is 2.23 bits per heavy atom. The zero-order chi connectivity index (χ0) is 10.1. The average molecular weight is 190 g/mol. The Hall–Kier alpha value is -1.71. The molecule has 1 heterocycles. The van der Waals surface area contributed by atoms with Crippen LogP contribution in [0.2, 0.25) is 0 Å². The summed E-state index contributed by atoms with van der Waals surface area (Å²) < 4.78 is 35.8. The van der Waals surface area contributed by atoms with Crippen LogP contribution >= 0.6 is 0 Å². The molecule has 0 spiro atoms. The topological polar surface area (TPSA) is 53.6 Å². The molecule has 1 rings (SSSR count). The van der Waals surface area contributed by atoms with Crippen LogP contribution in [0.4, 0.5) is 18.9 Å². The van der Waals surface area contributed by atoms with Gasteiger partial charge in [-0.3, -0.25) is 0 Å². The summed E-state index contributed by atoms with van der Waals surface area (Å²) in [6.45, 7) is 0. The van der Waals surface area contributed by atoms with E-state index in [9.17, 15) is 13.2 Å². The number of hydrogen-bond donors (Lipinski definition) is 1. The van der Waals surface area contributed by atoms with Gasteiger partial charge >= 0.3 is 6.30 Å². The van der Waals surface area contributed by atoms with E-state index in [4.69, 9.17) is 5.26 Å². The zero-order valence-electron chi connectivity index (χ0n) is 6.55. The Labute approximate surface area is 71.6 Å². The molecule has 0 atom stereocenters. The van der Waals surface area contributed by atoms with Crippen molar-refractivity contribution in [3.05, 3.63) is 11.9 Å². The molecule has 7 heteroatoms. The summed E-state index contributed by atoms with van der Waals surface area (Å²) in [5, 5.41) is 13.9. The second-order valence-corrected chi connectivity index (χ2v) is 2.17. The summed E-state index contributed by atoms with van der Waals surface area (Å²) in [6.07, 6.45) is -3.86. The lowest BCUT2D eigenvalue weighted by atomic mass is 10.4. The van der Waals surface area contributed by atoms with E-state index in [0.29, 0.717) is 0 Å². The van der Waals surface area contributed by atoms with Gasteiger partial charge in [-0.2, -0.15) is 15.0 Å². The molecule has 0 amide bonds. The largest absolute Gasteiger partial charge is 0.504 e. The predicted octanol–water partition coefficient (Wildman–Crippen LogP) is 1.27. The molecule has 1 N–H and O–H groups in total. The quantitative estimate of drug-likeness (QED) is 0.725. The minimum atomic E-state index is -4.58. The van der Waals surface area contributed by atoms with Crippen molar-refractivity contribution in [1.82, 2.24) is 9.78 Å². The lowest BCUT2D eigenvalue weighted by Crippen LogP contribution is -2.17. The minimum Gasteiger partial charge on any atom is -0.384 e. The SMILES string of the molecule is CNc1cn(C(F)(F)F)nc1C#N. The molecule has 0 saturated carbocycles. The molecule has 0 aliphatic carbocycles. The van der Waals surface area contributed by atoms with Gasteiger partial charge in [-0.25, -0.2) is 0 Å². The molecule has 0 aromatic carbocycles. The van der Waals surface area contributed by atoms with Gasteiger partial charge in [0, 0.05) is 7.05 Å². The van der Waals surface area contributed by atoms with E-state index in [1.807, 2.05) is 0 Å². The average Bonchev–Trinajstić information content (AvgIpc) is 2.45. The third-order valence-electron chi connectivity index (χ3n) is 1.35. The molecule has 1 aromatic rings. The lowest BCUT2D eigenvalue weighted by Gasteiger charge is -2.03. The van der Waals surface area contributed by atoms with Crippen LogP contribution in [0, 0.1) is 11.3 Å². The first-order valence-electron chi connectivity index (χ1n) is 3.23. The standard InChI is InChI=1S/C6H5F3N4/c1-11-5-3-13(6(7,8)9)12-4(5)2-10/h3,11H,1H3. The van der Waals surface area contributed by atoms with Gasteiger partial charge in [-0.1, -0.05) is 0 Å². The molecule has 0 radical (unpaired) electrons. The zero-order valence-corrected chi connectivity index (χ0v) is 6.55. The van der Waals surface area contributed by atoms with Gasteiger partial charge in [0.1, 0.15) is 6.07 Å². The van der Waals surface area contributed by atoms with Crippen LogP contribution < -0.4 is 5.32 Å². The van der Waals surface area contributed by atoms with E-state index in [1.165, 1.54) is 7.05 Å². The van der Waals surface area contributed by atoms with E-state index >= 15 is 0 Å². The number of hydrogen-bond acceptors (Lipinski definition) is 3. The van der Waals surface area contributed by atoms with Crippen LogP contribution in [-0.4, -0.2) is 16.8 Å². The summed E-state index contributed by atoms with van der Waals surface area (Å²) in [5.41, 5.74) is -0.223. The highest BCUT2D eigenvalue weighted by Gasteiger charge is 2.32. The first kappa shape index (κ1) is 9.38. The highest BCUT2D eigenvalue weighted by molar-refractivity contribution is 5.51. The van der Waals surface area contributed by atoms with Gasteiger partial charge in [0.15, 0.2) is 5.69 Å². The van der Waals surface area contributed by atoms with Crippen LogP contribution in [0.1, 0.15) is 5.69 Å². The number of nitriles is 1. The minimum absolute atomic E-state index is 0.0554. The number of alkyl halides is 3. The molecule has 0 aliphatic rings. The molecule has 0 bridgehead atoms. The van der Waals surface area contributed by atoms with Crippen molar-refractivity contribution in [2.45, 2.75) is 6.30 Å². The first-order valence-corrected chi connectivity index (χ1v) is 3.23. The normalized spacial score (nSPS) is 11.0. The number of rotatable bonds is 1. The van der Waals surface area contributed by atoms with E-state index in [-0.39, 0.29) is 16.1 Å². The smallest absolute Gasteiger partial charge is 0.384 e. The molecule has 0 unspecified atom stereocenters. The Morgan fingerprint density at radius 3 is 2.54 bits per heavy atom. The molecule has 4 nitrogen and oxygen atoms in total. The van der Waals surface area contributed by atoms with Crippen molar-refractivity contribution in [2.24, 2.45) is 0 Å². The Balaban J connectivity index is 3.16.